The highest BCUT2D eigenvalue weighted by Gasteiger charge is 2.24. The van der Waals surface area contributed by atoms with Gasteiger partial charge in [-0.2, -0.15) is 0 Å². The Hall–Kier alpha value is -1.26. The first-order chi connectivity index (χ1) is 7.85. The standard InChI is InChI=1S/C12H18N2O2/c1-2-15-12-6-4-3-5-11(12)14-8-7-10(9-14)16-13/h3-6,10H,2,7-9,13H2,1H3. The number of rotatable bonds is 4. The maximum atomic E-state index is 5.60. The number of nitrogens with two attached hydrogens (primary N) is 1. The summed E-state index contributed by atoms with van der Waals surface area (Å²) in [6, 6.07) is 8.08. The minimum Gasteiger partial charge on any atom is -0.492 e. The fourth-order valence-electron chi connectivity index (χ4n) is 2.05. The van der Waals surface area contributed by atoms with Crippen molar-refractivity contribution < 1.29 is 9.57 Å². The highest BCUT2D eigenvalue weighted by molar-refractivity contribution is 5.59. The molecule has 4 heteroatoms. The van der Waals surface area contributed by atoms with E-state index in [4.69, 9.17) is 15.5 Å². The third-order valence-electron chi connectivity index (χ3n) is 2.84. The summed E-state index contributed by atoms with van der Waals surface area (Å²) in [5, 5.41) is 0. The van der Waals surface area contributed by atoms with Gasteiger partial charge in [0, 0.05) is 13.1 Å². The predicted molar refractivity (Wildman–Crippen MR) is 63.5 cm³/mol. The molecule has 0 bridgehead atoms. The highest BCUT2D eigenvalue weighted by atomic mass is 16.6. The Labute approximate surface area is 95.9 Å². The second kappa shape index (κ2) is 5.18. The number of para-hydroxylation sites is 2. The van der Waals surface area contributed by atoms with Crippen LogP contribution in [0, 0.1) is 0 Å². The van der Waals surface area contributed by atoms with Gasteiger partial charge in [0.15, 0.2) is 0 Å². The van der Waals surface area contributed by atoms with Crippen molar-refractivity contribution in [1.82, 2.24) is 0 Å². The summed E-state index contributed by atoms with van der Waals surface area (Å²) >= 11 is 0. The lowest BCUT2D eigenvalue weighted by Gasteiger charge is -2.21. The number of hydrogen-bond acceptors (Lipinski definition) is 4. The van der Waals surface area contributed by atoms with E-state index < -0.39 is 0 Å². The van der Waals surface area contributed by atoms with E-state index in [1.165, 1.54) is 0 Å². The third-order valence-corrected chi connectivity index (χ3v) is 2.84. The maximum Gasteiger partial charge on any atom is 0.142 e. The van der Waals surface area contributed by atoms with E-state index in [-0.39, 0.29) is 6.10 Å². The Kier molecular flexibility index (Phi) is 3.64. The van der Waals surface area contributed by atoms with Crippen LogP contribution in [0.3, 0.4) is 0 Å². The number of nitrogens with zero attached hydrogens (tertiary/aromatic N) is 1. The molecule has 0 radical (unpaired) electrons. The molecule has 88 valence electrons. The first-order valence-electron chi connectivity index (χ1n) is 5.67. The monoisotopic (exact) mass is 222 g/mol. The van der Waals surface area contributed by atoms with Gasteiger partial charge in [0.1, 0.15) is 5.75 Å². The quantitative estimate of drug-likeness (QED) is 0.785. The molecule has 0 spiro atoms. The molecule has 16 heavy (non-hydrogen) atoms. The van der Waals surface area contributed by atoms with Gasteiger partial charge in [0.05, 0.1) is 18.4 Å². The van der Waals surface area contributed by atoms with Crippen molar-refractivity contribution in [3.8, 4) is 5.75 Å². The molecular weight excluding hydrogens is 204 g/mol. The number of benzene rings is 1. The topological polar surface area (TPSA) is 47.7 Å². The van der Waals surface area contributed by atoms with Crippen LogP contribution in [0.25, 0.3) is 0 Å². The van der Waals surface area contributed by atoms with Crippen LogP contribution in [-0.2, 0) is 4.84 Å². The molecule has 1 aliphatic rings. The van der Waals surface area contributed by atoms with Gasteiger partial charge in [-0.05, 0) is 25.5 Å². The van der Waals surface area contributed by atoms with Crippen LogP contribution < -0.4 is 15.5 Å². The van der Waals surface area contributed by atoms with Crippen LogP contribution in [0.2, 0.25) is 0 Å². The summed E-state index contributed by atoms with van der Waals surface area (Å²) in [7, 11) is 0. The molecule has 1 aliphatic heterocycles. The summed E-state index contributed by atoms with van der Waals surface area (Å²) in [4.78, 5) is 7.13. The zero-order valence-corrected chi connectivity index (χ0v) is 9.56. The fourth-order valence-corrected chi connectivity index (χ4v) is 2.05. The molecule has 1 unspecified atom stereocenters. The SMILES string of the molecule is CCOc1ccccc1N1CCC(ON)C1. The summed E-state index contributed by atoms with van der Waals surface area (Å²) < 4.78 is 5.60. The molecule has 0 saturated carbocycles. The normalized spacial score (nSPS) is 20.1. The molecule has 4 nitrogen and oxygen atoms in total. The summed E-state index contributed by atoms with van der Waals surface area (Å²) in [6.45, 7) is 4.47. The van der Waals surface area contributed by atoms with E-state index in [1.54, 1.807) is 0 Å². The van der Waals surface area contributed by atoms with E-state index in [9.17, 15) is 0 Å². The van der Waals surface area contributed by atoms with Gasteiger partial charge in [-0.3, -0.25) is 4.84 Å². The van der Waals surface area contributed by atoms with Gasteiger partial charge in [-0.25, -0.2) is 5.90 Å². The Morgan fingerprint density at radius 3 is 2.94 bits per heavy atom. The van der Waals surface area contributed by atoms with Crippen LogP contribution in [-0.4, -0.2) is 25.8 Å². The smallest absolute Gasteiger partial charge is 0.142 e. The van der Waals surface area contributed by atoms with Crippen molar-refractivity contribution in [3.05, 3.63) is 24.3 Å². The van der Waals surface area contributed by atoms with Crippen molar-refractivity contribution in [2.45, 2.75) is 19.4 Å². The Morgan fingerprint density at radius 1 is 1.44 bits per heavy atom. The van der Waals surface area contributed by atoms with Crippen molar-refractivity contribution in [3.63, 3.8) is 0 Å². The van der Waals surface area contributed by atoms with Gasteiger partial charge in [0.2, 0.25) is 0 Å². The molecule has 2 N–H and O–H groups in total. The molecular formula is C12H18N2O2. The molecule has 1 aromatic rings. The van der Waals surface area contributed by atoms with Crippen molar-refractivity contribution in [2.75, 3.05) is 24.6 Å². The second-order valence-corrected chi connectivity index (χ2v) is 3.89. The van der Waals surface area contributed by atoms with Crippen molar-refractivity contribution in [1.29, 1.82) is 0 Å². The van der Waals surface area contributed by atoms with E-state index in [0.717, 1.165) is 30.9 Å². The first-order valence-corrected chi connectivity index (χ1v) is 5.67. The fraction of sp³-hybridized carbons (Fsp3) is 0.500. The third kappa shape index (κ3) is 2.28. The number of hydrogen-bond donors (Lipinski definition) is 1. The minimum absolute atomic E-state index is 0.134. The van der Waals surface area contributed by atoms with Crippen LogP contribution >= 0.6 is 0 Å². The van der Waals surface area contributed by atoms with Crippen LogP contribution in [0.5, 0.6) is 5.75 Å². The van der Waals surface area contributed by atoms with E-state index in [1.807, 2.05) is 25.1 Å². The first kappa shape index (κ1) is 11.2. The molecule has 1 aromatic carbocycles. The Balaban J connectivity index is 2.14. The zero-order valence-electron chi connectivity index (χ0n) is 9.56. The molecule has 1 fully saturated rings. The lowest BCUT2D eigenvalue weighted by molar-refractivity contribution is 0.0690. The van der Waals surface area contributed by atoms with Crippen molar-refractivity contribution >= 4 is 5.69 Å². The van der Waals surface area contributed by atoms with Gasteiger partial charge >= 0.3 is 0 Å². The van der Waals surface area contributed by atoms with Gasteiger partial charge in [-0.15, -0.1) is 0 Å². The second-order valence-electron chi connectivity index (χ2n) is 3.89. The largest absolute Gasteiger partial charge is 0.492 e. The number of anilines is 1. The minimum atomic E-state index is 0.134. The zero-order chi connectivity index (χ0) is 11.4. The van der Waals surface area contributed by atoms with Crippen molar-refractivity contribution in [2.24, 2.45) is 5.90 Å². The molecule has 1 heterocycles. The summed E-state index contributed by atoms with van der Waals surface area (Å²) in [5.74, 6) is 6.15. The Bertz CT molecular complexity index is 344. The summed E-state index contributed by atoms with van der Waals surface area (Å²) in [6.07, 6.45) is 1.10. The van der Waals surface area contributed by atoms with E-state index in [0.29, 0.717) is 6.61 Å². The average Bonchev–Trinajstić information content (AvgIpc) is 2.79. The van der Waals surface area contributed by atoms with Crippen LogP contribution in [0.1, 0.15) is 13.3 Å². The molecule has 0 aromatic heterocycles. The predicted octanol–water partition coefficient (Wildman–Crippen LogP) is 1.55. The Morgan fingerprint density at radius 2 is 2.25 bits per heavy atom. The van der Waals surface area contributed by atoms with E-state index in [2.05, 4.69) is 11.0 Å². The average molecular weight is 222 g/mol. The highest BCUT2D eigenvalue weighted by Crippen LogP contribution is 2.30. The molecule has 0 amide bonds. The molecule has 2 rings (SSSR count). The van der Waals surface area contributed by atoms with Crippen LogP contribution in [0.15, 0.2) is 24.3 Å². The van der Waals surface area contributed by atoms with Crippen LogP contribution in [0.4, 0.5) is 5.69 Å². The lowest BCUT2D eigenvalue weighted by Crippen LogP contribution is -2.24. The molecule has 1 saturated heterocycles. The maximum absolute atomic E-state index is 5.60. The molecule has 1 atom stereocenters. The van der Waals surface area contributed by atoms with Gasteiger partial charge in [-0.1, -0.05) is 12.1 Å². The lowest BCUT2D eigenvalue weighted by atomic mass is 10.2. The summed E-state index contributed by atoms with van der Waals surface area (Å²) in [5.41, 5.74) is 1.13. The number of ether oxygens (including phenoxy) is 1. The van der Waals surface area contributed by atoms with Gasteiger partial charge < -0.3 is 9.64 Å². The molecule has 0 aliphatic carbocycles. The van der Waals surface area contributed by atoms with E-state index >= 15 is 0 Å². The van der Waals surface area contributed by atoms with Gasteiger partial charge in [0.25, 0.3) is 0 Å².